The Morgan fingerprint density at radius 1 is 1.36 bits per heavy atom. The number of aromatic amines is 1. The summed E-state index contributed by atoms with van der Waals surface area (Å²) in [5.41, 5.74) is 3.04. The van der Waals surface area contributed by atoms with Crippen LogP contribution in [-0.4, -0.2) is 19.7 Å². The first kappa shape index (κ1) is 13.1. The van der Waals surface area contributed by atoms with Crippen LogP contribution in [-0.2, 0) is 13.5 Å². The lowest BCUT2D eigenvalue weighted by Gasteiger charge is -2.24. The lowest BCUT2D eigenvalue weighted by Crippen LogP contribution is -2.21. The van der Waals surface area contributed by atoms with Gasteiger partial charge in [0, 0.05) is 18.3 Å². The Labute approximate surface area is 127 Å². The molecule has 0 fully saturated rings. The first-order valence-electron chi connectivity index (χ1n) is 7.49. The van der Waals surface area contributed by atoms with Crippen molar-refractivity contribution in [3.05, 3.63) is 52.1 Å². The molecule has 0 aliphatic heterocycles. The van der Waals surface area contributed by atoms with Gasteiger partial charge < -0.3 is 5.32 Å². The number of rotatable bonds is 2. The molecule has 0 spiro atoms. The molecule has 1 aliphatic carbocycles. The SMILES string of the molecule is Cn1ncc2c1CCCC2Nc1nc2ccccc2c(=O)[nH]1. The molecule has 6 heteroatoms. The molecule has 3 aromatic rings. The van der Waals surface area contributed by atoms with Crippen LogP contribution in [0.15, 0.2) is 35.3 Å². The molecule has 2 heterocycles. The topological polar surface area (TPSA) is 75.6 Å². The van der Waals surface area contributed by atoms with E-state index in [2.05, 4.69) is 20.4 Å². The summed E-state index contributed by atoms with van der Waals surface area (Å²) < 4.78 is 1.93. The third-order valence-corrected chi connectivity index (χ3v) is 4.30. The highest BCUT2D eigenvalue weighted by molar-refractivity contribution is 5.78. The van der Waals surface area contributed by atoms with Gasteiger partial charge in [0.1, 0.15) is 0 Å². The number of hydrogen-bond acceptors (Lipinski definition) is 4. The fraction of sp³-hybridized carbons (Fsp3) is 0.312. The predicted octanol–water partition coefficient (Wildman–Crippen LogP) is 2.15. The van der Waals surface area contributed by atoms with Crippen molar-refractivity contribution in [3.8, 4) is 0 Å². The van der Waals surface area contributed by atoms with E-state index in [4.69, 9.17) is 0 Å². The van der Waals surface area contributed by atoms with Gasteiger partial charge in [-0.3, -0.25) is 14.5 Å². The van der Waals surface area contributed by atoms with Gasteiger partial charge in [0.2, 0.25) is 5.95 Å². The Morgan fingerprint density at radius 2 is 2.23 bits per heavy atom. The molecule has 1 atom stereocenters. The van der Waals surface area contributed by atoms with Gasteiger partial charge >= 0.3 is 0 Å². The van der Waals surface area contributed by atoms with Gasteiger partial charge in [0.25, 0.3) is 5.56 Å². The van der Waals surface area contributed by atoms with Crippen LogP contribution in [0.2, 0.25) is 0 Å². The first-order chi connectivity index (χ1) is 10.7. The van der Waals surface area contributed by atoms with Crippen molar-refractivity contribution in [3.63, 3.8) is 0 Å². The van der Waals surface area contributed by atoms with Crippen LogP contribution in [0.1, 0.15) is 30.1 Å². The van der Waals surface area contributed by atoms with E-state index in [1.54, 1.807) is 6.07 Å². The van der Waals surface area contributed by atoms with Crippen LogP contribution in [0.3, 0.4) is 0 Å². The molecular weight excluding hydrogens is 278 g/mol. The fourth-order valence-corrected chi connectivity index (χ4v) is 3.18. The van der Waals surface area contributed by atoms with Gasteiger partial charge in [-0.25, -0.2) is 4.98 Å². The molecule has 6 nitrogen and oxygen atoms in total. The van der Waals surface area contributed by atoms with Gasteiger partial charge in [0.15, 0.2) is 0 Å². The lowest BCUT2D eigenvalue weighted by atomic mass is 9.93. The lowest BCUT2D eigenvalue weighted by molar-refractivity contribution is 0.569. The number of nitrogens with zero attached hydrogens (tertiary/aromatic N) is 3. The summed E-state index contributed by atoms with van der Waals surface area (Å²) in [5, 5.41) is 8.32. The van der Waals surface area contributed by atoms with E-state index < -0.39 is 0 Å². The molecular formula is C16H17N5O. The highest BCUT2D eigenvalue weighted by Crippen LogP contribution is 2.31. The average molecular weight is 295 g/mol. The second kappa shape index (κ2) is 4.98. The maximum absolute atomic E-state index is 12.1. The van der Waals surface area contributed by atoms with Crippen molar-refractivity contribution in [1.29, 1.82) is 0 Å². The van der Waals surface area contributed by atoms with E-state index in [0.29, 0.717) is 16.9 Å². The summed E-state index contributed by atoms with van der Waals surface area (Å²) in [7, 11) is 1.97. The maximum atomic E-state index is 12.1. The third-order valence-electron chi connectivity index (χ3n) is 4.30. The van der Waals surface area contributed by atoms with Crippen molar-refractivity contribution in [1.82, 2.24) is 19.7 Å². The zero-order chi connectivity index (χ0) is 15.1. The minimum Gasteiger partial charge on any atom is -0.349 e. The van der Waals surface area contributed by atoms with Crippen LogP contribution in [0.25, 0.3) is 10.9 Å². The summed E-state index contributed by atoms with van der Waals surface area (Å²) in [6.45, 7) is 0. The summed E-state index contributed by atoms with van der Waals surface area (Å²) in [5.74, 6) is 0.519. The Balaban J connectivity index is 1.71. The number of hydrogen-bond donors (Lipinski definition) is 2. The zero-order valence-corrected chi connectivity index (χ0v) is 12.3. The van der Waals surface area contributed by atoms with Crippen molar-refractivity contribution in [2.75, 3.05) is 5.32 Å². The van der Waals surface area contributed by atoms with Gasteiger partial charge in [-0.15, -0.1) is 0 Å². The minimum absolute atomic E-state index is 0.115. The van der Waals surface area contributed by atoms with Gasteiger partial charge in [-0.05, 0) is 31.4 Å². The summed E-state index contributed by atoms with van der Waals surface area (Å²) >= 11 is 0. The number of aromatic nitrogens is 4. The molecule has 0 saturated carbocycles. The fourth-order valence-electron chi connectivity index (χ4n) is 3.18. The van der Waals surface area contributed by atoms with Gasteiger partial charge in [-0.2, -0.15) is 5.10 Å². The smallest absolute Gasteiger partial charge is 0.260 e. The van der Waals surface area contributed by atoms with E-state index in [1.165, 1.54) is 11.3 Å². The van der Waals surface area contributed by atoms with E-state index in [9.17, 15) is 4.79 Å². The molecule has 0 amide bonds. The van der Waals surface area contributed by atoms with Crippen LogP contribution in [0.5, 0.6) is 0 Å². The van der Waals surface area contributed by atoms with E-state index in [1.807, 2.05) is 36.1 Å². The van der Waals surface area contributed by atoms with Crippen LogP contribution in [0, 0.1) is 0 Å². The highest BCUT2D eigenvalue weighted by atomic mass is 16.1. The maximum Gasteiger partial charge on any atom is 0.260 e. The molecule has 0 radical (unpaired) electrons. The number of para-hydroxylation sites is 1. The van der Waals surface area contributed by atoms with Crippen LogP contribution >= 0.6 is 0 Å². The van der Waals surface area contributed by atoms with E-state index >= 15 is 0 Å². The monoisotopic (exact) mass is 295 g/mol. The molecule has 0 bridgehead atoms. The third kappa shape index (κ3) is 2.07. The zero-order valence-electron chi connectivity index (χ0n) is 12.3. The highest BCUT2D eigenvalue weighted by Gasteiger charge is 2.23. The second-order valence-corrected chi connectivity index (χ2v) is 5.69. The minimum atomic E-state index is -0.115. The number of H-pyrrole nitrogens is 1. The molecule has 1 aromatic carbocycles. The first-order valence-corrected chi connectivity index (χ1v) is 7.49. The largest absolute Gasteiger partial charge is 0.349 e. The van der Waals surface area contributed by atoms with Crippen LogP contribution < -0.4 is 10.9 Å². The van der Waals surface area contributed by atoms with Gasteiger partial charge in [-0.1, -0.05) is 12.1 Å². The van der Waals surface area contributed by atoms with Crippen molar-refractivity contribution < 1.29 is 0 Å². The second-order valence-electron chi connectivity index (χ2n) is 5.69. The van der Waals surface area contributed by atoms with Gasteiger partial charge in [0.05, 0.1) is 23.1 Å². The molecule has 1 aliphatic rings. The van der Waals surface area contributed by atoms with Crippen LogP contribution in [0.4, 0.5) is 5.95 Å². The number of fused-ring (bicyclic) bond motifs is 2. The number of anilines is 1. The Bertz CT molecular complexity index is 895. The molecule has 22 heavy (non-hydrogen) atoms. The summed E-state index contributed by atoms with van der Waals surface area (Å²) in [4.78, 5) is 19.5. The van der Waals surface area contributed by atoms with E-state index in [-0.39, 0.29) is 11.6 Å². The molecule has 112 valence electrons. The Morgan fingerprint density at radius 3 is 3.14 bits per heavy atom. The number of benzene rings is 1. The normalized spacial score (nSPS) is 17.4. The number of nitrogens with one attached hydrogen (secondary N) is 2. The molecule has 1 unspecified atom stereocenters. The van der Waals surface area contributed by atoms with E-state index in [0.717, 1.165) is 19.3 Å². The molecule has 2 aromatic heterocycles. The van der Waals surface area contributed by atoms with Crippen molar-refractivity contribution in [2.24, 2.45) is 7.05 Å². The predicted molar refractivity (Wildman–Crippen MR) is 84.9 cm³/mol. The Hall–Kier alpha value is -2.63. The van der Waals surface area contributed by atoms with Crippen molar-refractivity contribution in [2.45, 2.75) is 25.3 Å². The summed E-state index contributed by atoms with van der Waals surface area (Å²) in [6, 6.07) is 7.51. The standard InChI is InChI=1S/C16H17N5O/c1-21-14-8-4-7-13(11(14)9-17-21)19-16-18-12-6-3-2-5-10(12)15(22)20-16/h2-3,5-6,9,13H,4,7-8H2,1H3,(H2,18,19,20,22). The summed E-state index contributed by atoms with van der Waals surface area (Å²) in [6.07, 6.45) is 5.06. The number of aryl methyl sites for hydroxylation is 1. The van der Waals surface area contributed by atoms with Crippen molar-refractivity contribution >= 4 is 16.9 Å². The molecule has 4 rings (SSSR count). The molecule has 0 saturated heterocycles. The Kier molecular flexibility index (Phi) is 2.96. The average Bonchev–Trinajstić information content (AvgIpc) is 2.90. The quantitative estimate of drug-likeness (QED) is 0.759. The molecule has 2 N–H and O–H groups in total.